The number of carbonyl (C=O) groups is 4. The van der Waals surface area contributed by atoms with Crippen LogP contribution >= 0.6 is 31.2 Å². The van der Waals surface area contributed by atoms with E-state index in [0.29, 0.717) is 17.3 Å². The van der Waals surface area contributed by atoms with Gasteiger partial charge in [-0.05, 0) is 18.2 Å². The van der Waals surface area contributed by atoms with Crippen LogP contribution in [0.1, 0.15) is 37.6 Å². The summed E-state index contributed by atoms with van der Waals surface area (Å²) >= 11 is 6.94. The van der Waals surface area contributed by atoms with E-state index < -0.39 is 38.0 Å². The highest BCUT2D eigenvalue weighted by molar-refractivity contribution is 8.13. The molecule has 2 N–H and O–H groups in total. The molecule has 1 aliphatic heterocycles. The van der Waals surface area contributed by atoms with Gasteiger partial charge in [-0.1, -0.05) is 43.3 Å². The molecule has 0 saturated carbocycles. The molecule has 2 rings (SSSR count). The van der Waals surface area contributed by atoms with E-state index in [-0.39, 0.29) is 36.2 Å². The zero-order chi connectivity index (χ0) is 26.1. The van der Waals surface area contributed by atoms with Crippen molar-refractivity contribution in [2.75, 3.05) is 32.2 Å². The first kappa shape index (κ1) is 29.3. The maximum absolute atomic E-state index is 12.8. The van der Waals surface area contributed by atoms with Crippen LogP contribution in [0.5, 0.6) is 0 Å². The van der Waals surface area contributed by atoms with Gasteiger partial charge in [0.05, 0.1) is 12.2 Å². The maximum Gasteiger partial charge on any atom is 0.478 e. The fourth-order valence-corrected chi connectivity index (χ4v) is 4.99. The van der Waals surface area contributed by atoms with Crippen LogP contribution < -0.4 is 10.6 Å². The van der Waals surface area contributed by atoms with Crippen LogP contribution in [0.15, 0.2) is 24.3 Å². The number of thioether (sulfide) groups is 1. The lowest BCUT2D eigenvalue weighted by atomic mass is 9.87. The van der Waals surface area contributed by atoms with Crippen molar-refractivity contribution in [3.05, 3.63) is 34.9 Å². The number of esters is 1. The Labute approximate surface area is 212 Å². The third kappa shape index (κ3) is 9.91. The van der Waals surface area contributed by atoms with Gasteiger partial charge in [-0.2, -0.15) is 0 Å². The molecule has 1 heterocycles. The minimum absolute atomic E-state index is 0.00768. The zero-order valence-electron chi connectivity index (χ0n) is 19.5. The Hall–Kier alpha value is -1.95. The first-order chi connectivity index (χ1) is 16.4. The van der Waals surface area contributed by atoms with Crippen molar-refractivity contribution in [2.45, 2.75) is 33.3 Å². The first-order valence-electron chi connectivity index (χ1n) is 10.6. The third-order valence-corrected chi connectivity index (χ3v) is 7.00. The number of amides is 2. The van der Waals surface area contributed by atoms with Crippen LogP contribution in [0.4, 0.5) is 0 Å². The van der Waals surface area contributed by atoms with Gasteiger partial charge in [0.2, 0.25) is 18.6 Å². The van der Waals surface area contributed by atoms with Crippen molar-refractivity contribution in [3.8, 4) is 0 Å². The molecular weight excluding hydrogens is 523 g/mol. The van der Waals surface area contributed by atoms with E-state index in [9.17, 15) is 23.7 Å². The third-order valence-electron chi connectivity index (χ3n) is 4.62. The van der Waals surface area contributed by atoms with E-state index >= 15 is 0 Å². The molecule has 11 nitrogen and oxygen atoms in total. The molecule has 1 fully saturated rings. The molecule has 1 aromatic rings. The van der Waals surface area contributed by atoms with Gasteiger partial charge in [-0.15, -0.1) is 0 Å². The first-order valence-corrected chi connectivity index (χ1v) is 13.4. The average molecular weight is 551 g/mol. The fraction of sp³-hybridized carbons (Fsp3) is 0.524. The van der Waals surface area contributed by atoms with E-state index in [0.717, 1.165) is 11.8 Å². The lowest BCUT2D eigenvalue weighted by Crippen LogP contribution is -2.50. The van der Waals surface area contributed by atoms with E-state index in [1.54, 1.807) is 26.0 Å². The van der Waals surface area contributed by atoms with E-state index in [1.807, 2.05) is 0 Å². The van der Waals surface area contributed by atoms with Crippen LogP contribution in [0.25, 0.3) is 0 Å². The summed E-state index contributed by atoms with van der Waals surface area (Å²) in [4.78, 5) is 47.5. The predicted octanol–water partition coefficient (Wildman–Crippen LogP) is 2.92. The van der Waals surface area contributed by atoms with Crippen LogP contribution in [0.3, 0.4) is 0 Å². The summed E-state index contributed by atoms with van der Waals surface area (Å²) in [7, 11) is -4.21. The van der Waals surface area contributed by atoms with Crippen LogP contribution in [0, 0.1) is 5.41 Å². The molecule has 0 aliphatic carbocycles. The molecule has 1 saturated heterocycles. The molecule has 2 atom stereocenters. The van der Waals surface area contributed by atoms with Gasteiger partial charge < -0.3 is 15.4 Å². The number of carbonyl (C=O) groups excluding carboxylic acids is 4. The minimum Gasteiger partial charge on any atom is -0.434 e. The second kappa shape index (κ2) is 13.4. The summed E-state index contributed by atoms with van der Waals surface area (Å²) in [5.41, 5.74) is -0.685. The number of hydrogen-bond donors (Lipinski definition) is 2. The number of rotatable bonds is 11. The van der Waals surface area contributed by atoms with Crippen molar-refractivity contribution in [2.24, 2.45) is 5.41 Å². The molecule has 35 heavy (non-hydrogen) atoms. The number of benzene rings is 1. The largest absolute Gasteiger partial charge is 0.478 e. The smallest absolute Gasteiger partial charge is 0.434 e. The molecule has 14 heteroatoms. The SMILES string of the molecule is CC(=O)SCCNC(=O)CCNC(=O)[C@@H]1OP(=O)(OCOC(=O)c2cccc(Cl)c2)OCC1(C)C. The quantitative estimate of drug-likeness (QED) is 0.182. The van der Waals surface area contributed by atoms with Crippen molar-refractivity contribution >= 4 is 54.1 Å². The molecule has 1 aromatic carbocycles. The Bertz CT molecular complexity index is 991. The van der Waals surface area contributed by atoms with Gasteiger partial charge in [0.1, 0.15) is 0 Å². The van der Waals surface area contributed by atoms with Crippen molar-refractivity contribution < 1.29 is 42.1 Å². The summed E-state index contributed by atoms with van der Waals surface area (Å²) in [6.45, 7) is 4.29. The minimum atomic E-state index is -4.21. The van der Waals surface area contributed by atoms with Crippen molar-refractivity contribution in [1.82, 2.24) is 10.6 Å². The van der Waals surface area contributed by atoms with Crippen molar-refractivity contribution in [1.29, 1.82) is 0 Å². The van der Waals surface area contributed by atoms with Gasteiger partial charge in [0.15, 0.2) is 11.2 Å². The molecule has 1 aliphatic rings. The number of phosphoric acid groups is 1. The van der Waals surface area contributed by atoms with Gasteiger partial charge in [-0.3, -0.25) is 23.4 Å². The van der Waals surface area contributed by atoms with E-state index in [2.05, 4.69) is 10.6 Å². The molecule has 0 bridgehead atoms. The molecule has 0 aromatic heterocycles. The number of halogens is 1. The summed E-state index contributed by atoms with van der Waals surface area (Å²) < 4.78 is 33.4. The van der Waals surface area contributed by atoms with Gasteiger partial charge in [0.25, 0.3) is 0 Å². The van der Waals surface area contributed by atoms with Gasteiger partial charge in [0, 0.05) is 42.6 Å². The predicted molar refractivity (Wildman–Crippen MR) is 129 cm³/mol. The molecule has 0 radical (unpaired) electrons. The topological polar surface area (TPSA) is 146 Å². The lowest BCUT2D eigenvalue weighted by molar-refractivity contribution is -0.143. The average Bonchev–Trinajstić information content (AvgIpc) is 2.78. The Morgan fingerprint density at radius 3 is 2.66 bits per heavy atom. The number of ether oxygens (including phenoxy) is 1. The number of hydrogen-bond acceptors (Lipinski definition) is 10. The standard InChI is InChI=1S/C21H28ClN2O9PS/c1-14(25)35-10-9-23-17(26)7-8-24-19(27)18-21(2,3)12-31-34(29,33-18)32-13-30-20(28)15-5-4-6-16(22)11-15/h4-6,11,18H,7-10,12-13H2,1-3H3,(H,23,26)(H,24,27)/t18-,34?/m0/s1. The molecule has 1 unspecified atom stereocenters. The fourth-order valence-electron chi connectivity index (χ4n) is 2.80. The van der Waals surface area contributed by atoms with Gasteiger partial charge in [-0.25, -0.2) is 13.9 Å². The van der Waals surface area contributed by atoms with Crippen LogP contribution in [0.2, 0.25) is 5.02 Å². The van der Waals surface area contributed by atoms with Crippen LogP contribution in [-0.2, 0) is 37.3 Å². The number of phosphoric ester groups is 1. The molecule has 0 spiro atoms. The Morgan fingerprint density at radius 1 is 1.23 bits per heavy atom. The Balaban J connectivity index is 1.81. The molecule has 2 amide bonds. The Kier molecular flexibility index (Phi) is 11.2. The lowest BCUT2D eigenvalue weighted by Gasteiger charge is -2.39. The summed E-state index contributed by atoms with van der Waals surface area (Å²) in [6.07, 6.45) is -1.20. The second-order valence-electron chi connectivity index (χ2n) is 8.11. The molecule has 194 valence electrons. The highest BCUT2D eigenvalue weighted by Crippen LogP contribution is 2.57. The van der Waals surface area contributed by atoms with Gasteiger partial charge >= 0.3 is 13.8 Å². The summed E-state index contributed by atoms with van der Waals surface area (Å²) in [5.74, 6) is -1.19. The summed E-state index contributed by atoms with van der Waals surface area (Å²) in [6, 6.07) is 6.04. The Morgan fingerprint density at radius 2 is 1.97 bits per heavy atom. The second-order valence-corrected chi connectivity index (χ2v) is 11.4. The zero-order valence-corrected chi connectivity index (χ0v) is 22.0. The normalized spacial score (nSPS) is 21.1. The summed E-state index contributed by atoms with van der Waals surface area (Å²) in [5, 5.41) is 5.52. The maximum atomic E-state index is 12.8. The van der Waals surface area contributed by atoms with E-state index in [1.165, 1.54) is 19.1 Å². The van der Waals surface area contributed by atoms with Crippen LogP contribution in [-0.4, -0.2) is 61.2 Å². The van der Waals surface area contributed by atoms with E-state index in [4.69, 9.17) is 29.9 Å². The van der Waals surface area contributed by atoms with Crippen molar-refractivity contribution in [3.63, 3.8) is 0 Å². The highest BCUT2D eigenvalue weighted by Gasteiger charge is 2.49. The monoisotopic (exact) mass is 550 g/mol. The number of nitrogens with one attached hydrogen (secondary N) is 2. The molecular formula is C21H28ClN2O9PS. The highest BCUT2D eigenvalue weighted by atomic mass is 35.5.